The summed E-state index contributed by atoms with van der Waals surface area (Å²) in [6, 6.07) is 1.94. The van der Waals surface area contributed by atoms with Gasteiger partial charge >= 0.3 is 0 Å². The molecule has 2 aromatic rings. The van der Waals surface area contributed by atoms with E-state index in [-0.39, 0.29) is 0 Å². The molecule has 0 radical (unpaired) electrons. The Morgan fingerprint density at radius 2 is 1.92 bits per heavy atom. The van der Waals surface area contributed by atoms with Crippen molar-refractivity contribution in [1.82, 2.24) is 15.2 Å². The van der Waals surface area contributed by atoms with Gasteiger partial charge < -0.3 is 0 Å². The Morgan fingerprint density at radius 1 is 1.15 bits per heavy atom. The lowest BCUT2D eigenvalue weighted by molar-refractivity contribution is 1.00. The van der Waals surface area contributed by atoms with Crippen LogP contribution in [-0.2, 0) is 0 Å². The Bertz CT molecular complexity index is 379. The second-order valence-corrected chi connectivity index (χ2v) is 2.39. The first kappa shape index (κ1) is 9.58. The van der Waals surface area contributed by atoms with E-state index in [9.17, 15) is 0 Å². The summed E-state index contributed by atoms with van der Waals surface area (Å²) in [4.78, 5) is 3.99. The minimum atomic E-state index is 0.949. The van der Waals surface area contributed by atoms with Crippen molar-refractivity contribution in [3.63, 3.8) is 0 Å². The minimum Gasteiger partial charge on any atom is -0.264 e. The molecule has 68 valence electrons. The molecule has 0 fully saturated rings. The van der Waals surface area contributed by atoms with E-state index in [0.29, 0.717) is 0 Å². The van der Waals surface area contributed by atoms with Gasteiger partial charge in [0.25, 0.3) is 0 Å². The molecular formula is C10H13N3. The number of aromatic nitrogens is 3. The van der Waals surface area contributed by atoms with Crippen LogP contribution in [0.5, 0.6) is 0 Å². The fourth-order valence-corrected chi connectivity index (χ4v) is 1.07. The molecule has 0 unspecified atom stereocenters. The van der Waals surface area contributed by atoms with E-state index in [0.717, 1.165) is 16.5 Å². The van der Waals surface area contributed by atoms with Crippen LogP contribution < -0.4 is 0 Å². The SMILES string of the molecule is CC.Cc1nncc2cnccc12. The molecule has 0 saturated carbocycles. The Hall–Kier alpha value is -1.51. The Kier molecular flexibility index (Phi) is 3.31. The van der Waals surface area contributed by atoms with E-state index in [2.05, 4.69) is 15.2 Å². The summed E-state index contributed by atoms with van der Waals surface area (Å²) in [6.07, 6.45) is 5.27. The molecule has 0 aliphatic carbocycles. The fraction of sp³-hybridized carbons (Fsp3) is 0.300. The van der Waals surface area contributed by atoms with Crippen molar-refractivity contribution in [2.24, 2.45) is 0 Å². The van der Waals surface area contributed by atoms with Crippen molar-refractivity contribution < 1.29 is 0 Å². The third-order valence-electron chi connectivity index (χ3n) is 1.65. The third kappa shape index (κ3) is 1.99. The quantitative estimate of drug-likeness (QED) is 0.617. The van der Waals surface area contributed by atoms with Crippen LogP contribution in [0, 0.1) is 6.92 Å². The van der Waals surface area contributed by atoms with Gasteiger partial charge in [-0.15, -0.1) is 0 Å². The van der Waals surface area contributed by atoms with Crippen LogP contribution in [-0.4, -0.2) is 15.2 Å². The summed E-state index contributed by atoms with van der Waals surface area (Å²) >= 11 is 0. The summed E-state index contributed by atoms with van der Waals surface area (Å²) in [7, 11) is 0. The van der Waals surface area contributed by atoms with Gasteiger partial charge in [-0.05, 0) is 13.0 Å². The molecule has 13 heavy (non-hydrogen) atoms. The number of nitrogens with zero attached hydrogens (tertiary/aromatic N) is 3. The van der Waals surface area contributed by atoms with Gasteiger partial charge in [-0.2, -0.15) is 10.2 Å². The summed E-state index contributed by atoms with van der Waals surface area (Å²) in [5, 5.41) is 9.91. The molecule has 3 nitrogen and oxygen atoms in total. The number of pyridine rings is 1. The fourth-order valence-electron chi connectivity index (χ4n) is 1.07. The highest BCUT2D eigenvalue weighted by Crippen LogP contribution is 2.11. The second-order valence-electron chi connectivity index (χ2n) is 2.39. The molecule has 0 aromatic carbocycles. The smallest absolute Gasteiger partial charge is 0.0679 e. The van der Waals surface area contributed by atoms with E-state index in [1.165, 1.54) is 0 Å². The number of hydrogen-bond donors (Lipinski definition) is 0. The van der Waals surface area contributed by atoms with Gasteiger partial charge in [0.2, 0.25) is 0 Å². The van der Waals surface area contributed by atoms with E-state index >= 15 is 0 Å². The van der Waals surface area contributed by atoms with Crippen LogP contribution in [0.2, 0.25) is 0 Å². The van der Waals surface area contributed by atoms with Crippen molar-refractivity contribution in [1.29, 1.82) is 0 Å². The Labute approximate surface area is 77.8 Å². The lowest BCUT2D eigenvalue weighted by atomic mass is 10.2. The third-order valence-corrected chi connectivity index (χ3v) is 1.65. The number of aryl methyl sites for hydroxylation is 1. The maximum atomic E-state index is 3.99. The van der Waals surface area contributed by atoms with Gasteiger partial charge in [-0.1, -0.05) is 13.8 Å². The van der Waals surface area contributed by atoms with Crippen molar-refractivity contribution in [3.8, 4) is 0 Å². The van der Waals surface area contributed by atoms with E-state index in [1.54, 1.807) is 18.6 Å². The molecule has 2 aromatic heterocycles. The first-order chi connectivity index (χ1) is 6.38. The van der Waals surface area contributed by atoms with Crippen molar-refractivity contribution in [2.45, 2.75) is 20.8 Å². The molecule has 3 heteroatoms. The van der Waals surface area contributed by atoms with Gasteiger partial charge in [0.1, 0.15) is 0 Å². The van der Waals surface area contributed by atoms with Crippen LogP contribution in [0.3, 0.4) is 0 Å². The highest BCUT2D eigenvalue weighted by Gasteiger charge is 1.95. The lowest BCUT2D eigenvalue weighted by Crippen LogP contribution is -1.87. The average molecular weight is 175 g/mol. The summed E-state index contributed by atoms with van der Waals surface area (Å²) < 4.78 is 0. The van der Waals surface area contributed by atoms with Crippen molar-refractivity contribution in [2.75, 3.05) is 0 Å². The van der Waals surface area contributed by atoms with Gasteiger partial charge in [0.05, 0.1) is 11.9 Å². The average Bonchev–Trinajstić information content (AvgIpc) is 2.22. The predicted octanol–water partition coefficient (Wildman–Crippen LogP) is 2.36. The van der Waals surface area contributed by atoms with Crippen LogP contribution in [0.25, 0.3) is 10.8 Å². The molecule has 0 N–H and O–H groups in total. The monoisotopic (exact) mass is 175 g/mol. The topological polar surface area (TPSA) is 38.7 Å². The van der Waals surface area contributed by atoms with Crippen molar-refractivity contribution >= 4 is 10.8 Å². The molecule has 2 rings (SSSR count). The molecule has 0 amide bonds. The normalized spacial score (nSPS) is 9.15. The van der Waals surface area contributed by atoms with Gasteiger partial charge in [-0.3, -0.25) is 4.98 Å². The highest BCUT2D eigenvalue weighted by atomic mass is 15.1. The molecule has 0 aliphatic heterocycles. The summed E-state index contributed by atoms with van der Waals surface area (Å²) in [5.74, 6) is 0. The van der Waals surface area contributed by atoms with Gasteiger partial charge in [0.15, 0.2) is 0 Å². The van der Waals surface area contributed by atoms with E-state index < -0.39 is 0 Å². The maximum Gasteiger partial charge on any atom is 0.0679 e. The molecule has 2 heterocycles. The zero-order valence-electron chi connectivity index (χ0n) is 8.15. The van der Waals surface area contributed by atoms with Crippen LogP contribution >= 0.6 is 0 Å². The first-order valence-electron chi connectivity index (χ1n) is 4.40. The van der Waals surface area contributed by atoms with E-state index in [4.69, 9.17) is 0 Å². The van der Waals surface area contributed by atoms with Gasteiger partial charge in [-0.25, -0.2) is 0 Å². The number of rotatable bonds is 0. The Morgan fingerprint density at radius 3 is 2.62 bits per heavy atom. The standard InChI is InChI=1S/C8H7N3.C2H6/c1-6-8-2-3-9-4-7(8)5-10-11-6;1-2/h2-5H,1H3;1-2H3. The minimum absolute atomic E-state index is 0.949. The van der Waals surface area contributed by atoms with Gasteiger partial charge in [0, 0.05) is 23.2 Å². The number of hydrogen-bond acceptors (Lipinski definition) is 3. The van der Waals surface area contributed by atoms with Crippen LogP contribution in [0.4, 0.5) is 0 Å². The summed E-state index contributed by atoms with van der Waals surface area (Å²) in [6.45, 7) is 5.94. The van der Waals surface area contributed by atoms with Crippen LogP contribution in [0.15, 0.2) is 24.7 Å². The maximum absolute atomic E-state index is 3.99. The zero-order chi connectivity index (χ0) is 9.68. The van der Waals surface area contributed by atoms with E-state index in [1.807, 2.05) is 26.8 Å². The van der Waals surface area contributed by atoms with Crippen molar-refractivity contribution in [3.05, 3.63) is 30.4 Å². The largest absolute Gasteiger partial charge is 0.264 e. The molecule has 0 spiro atoms. The molecule has 0 atom stereocenters. The summed E-state index contributed by atoms with van der Waals surface area (Å²) in [5.41, 5.74) is 0.949. The van der Waals surface area contributed by atoms with Crippen LogP contribution in [0.1, 0.15) is 19.5 Å². The first-order valence-corrected chi connectivity index (χ1v) is 4.40. The Balaban J connectivity index is 0.000000396. The molecule has 0 aliphatic rings. The molecule has 0 saturated heterocycles. The molecule has 0 bridgehead atoms. The zero-order valence-corrected chi connectivity index (χ0v) is 8.15. The highest BCUT2D eigenvalue weighted by molar-refractivity contribution is 5.82. The predicted molar refractivity (Wildman–Crippen MR) is 53.4 cm³/mol. The lowest BCUT2D eigenvalue weighted by Gasteiger charge is -1.96. The molecular weight excluding hydrogens is 162 g/mol. The number of fused-ring (bicyclic) bond motifs is 1. The second kappa shape index (κ2) is 4.50.